The summed E-state index contributed by atoms with van der Waals surface area (Å²) in [7, 11) is 0. The second-order valence-electron chi connectivity index (χ2n) is 4.93. The molecule has 0 heterocycles. The van der Waals surface area contributed by atoms with Gasteiger partial charge in [0, 0.05) is 5.69 Å². The molecule has 2 aromatic carbocycles. The largest absolute Gasteiger partial charge is 0.494 e. The fourth-order valence-electron chi connectivity index (χ4n) is 2.23. The van der Waals surface area contributed by atoms with Gasteiger partial charge in [0.2, 0.25) is 0 Å². The standard InChI is InChI=1S/C18H22N2O2/c1-3-17(14-8-6-5-7-9-14)20-18(21)19-15-10-12-16(13-11-15)22-4-2/h5-13,17H,3-4H2,1-2H3,(H2,19,20,21)/t17-/m0/s1. The summed E-state index contributed by atoms with van der Waals surface area (Å²) in [4.78, 5) is 12.1. The van der Waals surface area contributed by atoms with Crippen LogP contribution < -0.4 is 15.4 Å². The number of benzene rings is 2. The zero-order chi connectivity index (χ0) is 15.8. The second kappa shape index (κ2) is 8.08. The number of amides is 2. The quantitative estimate of drug-likeness (QED) is 0.832. The Kier molecular flexibility index (Phi) is 5.83. The van der Waals surface area contributed by atoms with Crippen LogP contribution in [-0.2, 0) is 0 Å². The molecule has 0 aliphatic rings. The van der Waals surface area contributed by atoms with Crippen molar-refractivity contribution in [3.63, 3.8) is 0 Å². The zero-order valence-electron chi connectivity index (χ0n) is 13.0. The number of hydrogen-bond acceptors (Lipinski definition) is 2. The molecule has 22 heavy (non-hydrogen) atoms. The third-order valence-electron chi connectivity index (χ3n) is 3.34. The normalized spacial score (nSPS) is 11.5. The van der Waals surface area contributed by atoms with Crippen molar-refractivity contribution in [2.45, 2.75) is 26.3 Å². The lowest BCUT2D eigenvalue weighted by Crippen LogP contribution is -2.32. The van der Waals surface area contributed by atoms with E-state index in [1.54, 1.807) is 0 Å². The minimum absolute atomic E-state index is 0.00361. The highest BCUT2D eigenvalue weighted by Crippen LogP contribution is 2.18. The van der Waals surface area contributed by atoms with Gasteiger partial charge in [0.05, 0.1) is 12.6 Å². The topological polar surface area (TPSA) is 50.4 Å². The van der Waals surface area contributed by atoms with E-state index in [0.717, 1.165) is 23.4 Å². The first-order chi connectivity index (χ1) is 10.7. The Hall–Kier alpha value is -2.49. The molecule has 2 amide bonds. The number of anilines is 1. The molecule has 2 N–H and O–H groups in total. The first-order valence-electron chi connectivity index (χ1n) is 7.58. The summed E-state index contributed by atoms with van der Waals surface area (Å²) in [5.41, 5.74) is 1.84. The fraction of sp³-hybridized carbons (Fsp3) is 0.278. The lowest BCUT2D eigenvalue weighted by atomic mass is 10.1. The van der Waals surface area contributed by atoms with E-state index in [-0.39, 0.29) is 12.1 Å². The number of urea groups is 1. The van der Waals surface area contributed by atoms with E-state index in [1.165, 1.54) is 0 Å². The Morgan fingerprint density at radius 1 is 1.05 bits per heavy atom. The molecule has 0 saturated carbocycles. The van der Waals surface area contributed by atoms with Gasteiger partial charge in [0.1, 0.15) is 5.75 Å². The van der Waals surface area contributed by atoms with Crippen LogP contribution in [0, 0.1) is 0 Å². The fourth-order valence-corrected chi connectivity index (χ4v) is 2.23. The molecule has 0 fully saturated rings. The summed E-state index contributed by atoms with van der Waals surface area (Å²) in [5, 5.41) is 5.83. The molecule has 116 valence electrons. The van der Waals surface area contributed by atoms with Crippen molar-refractivity contribution in [1.29, 1.82) is 0 Å². The number of nitrogens with one attached hydrogen (secondary N) is 2. The van der Waals surface area contributed by atoms with Gasteiger partial charge in [-0.15, -0.1) is 0 Å². The van der Waals surface area contributed by atoms with E-state index in [9.17, 15) is 4.79 Å². The van der Waals surface area contributed by atoms with Gasteiger partial charge < -0.3 is 15.4 Å². The number of carbonyl (C=O) groups is 1. The van der Waals surface area contributed by atoms with Gasteiger partial charge in [-0.1, -0.05) is 37.3 Å². The highest BCUT2D eigenvalue weighted by molar-refractivity contribution is 5.89. The van der Waals surface area contributed by atoms with Crippen LogP contribution >= 0.6 is 0 Å². The van der Waals surface area contributed by atoms with Crippen molar-refractivity contribution in [3.05, 3.63) is 60.2 Å². The molecule has 2 aromatic rings. The van der Waals surface area contributed by atoms with Gasteiger partial charge >= 0.3 is 6.03 Å². The molecule has 4 heteroatoms. The van der Waals surface area contributed by atoms with Gasteiger partial charge in [-0.05, 0) is 43.2 Å². The first kappa shape index (κ1) is 15.9. The van der Waals surface area contributed by atoms with E-state index < -0.39 is 0 Å². The van der Waals surface area contributed by atoms with Crippen LogP contribution in [0.15, 0.2) is 54.6 Å². The molecule has 1 atom stereocenters. The molecular weight excluding hydrogens is 276 g/mol. The summed E-state index contributed by atoms with van der Waals surface area (Å²) < 4.78 is 5.38. The summed E-state index contributed by atoms with van der Waals surface area (Å²) in [5.74, 6) is 0.796. The van der Waals surface area contributed by atoms with Gasteiger partial charge in [-0.25, -0.2) is 4.79 Å². The van der Waals surface area contributed by atoms with Crippen molar-refractivity contribution in [3.8, 4) is 5.75 Å². The first-order valence-corrected chi connectivity index (χ1v) is 7.58. The summed E-state index contributed by atoms with van der Waals surface area (Å²) in [6.07, 6.45) is 0.834. The predicted octanol–water partition coefficient (Wildman–Crippen LogP) is 4.36. The lowest BCUT2D eigenvalue weighted by Gasteiger charge is -2.18. The Balaban J connectivity index is 1.94. The molecule has 0 aliphatic carbocycles. The van der Waals surface area contributed by atoms with Gasteiger partial charge in [-0.3, -0.25) is 0 Å². The number of ether oxygens (including phenoxy) is 1. The van der Waals surface area contributed by atoms with Gasteiger partial charge in [0.25, 0.3) is 0 Å². The van der Waals surface area contributed by atoms with Crippen LogP contribution in [0.2, 0.25) is 0 Å². The average molecular weight is 298 g/mol. The summed E-state index contributed by atoms with van der Waals surface area (Å²) >= 11 is 0. The smallest absolute Gasteiger partial charge is 0.319 e. The van der Waals surface area contributed by atoms with E-state index in [1.807, 2.05) is 61.5 Å². The molecule has 0 bridgehead atoms. The van der Waals surface area contributed by atoms with Crippen LogP contribution in [0.4, 0.5) is 10.5 Å². The SMILES string of the molecule is CCOc1ccc(NC(=O)N[C@@H](CC)c2ccccc2)cc1. The molecule has 2 rings (SSSR count). The Morgan fingerprint density at radius 3 is 2.32 bits per heavy atom. The van der Waals surface area contributed by atoms with Crippen molar-refractivity contribution in [2.24, 2.45) is 0 Å². The van der Waals surface area contributed by atoms with E-state index in [2.05, 4.69) is 17.6 Å². The molecule has 0 unspecified atom stereocenters. The maximum Gasteiger partial charge on any atom is 0.319 e. The van der Waals surface area contributed by atoms with Crippen LogP contribution in [-0.4, -0.2) is 12.6 Å². The Bertz CT molecular complexity index is 582. The summed E-state index contributed by atoms with van der Waals surface area (Å²) in [6, 6.07) is 17.1. The highest BCUT2D eigenvalue weighted by Gasteiger charge is 2.12. The second-order valence-corrected chi connectivity index (χ2v) is 4.93. The Labute approximate surface area is 131 Å². The molecular formula is C18H22N2O2. The van der Waals surface area contributed by atoms with Crippen LogP contribution in [0.5, 0.6) is 5.75 Å². The number of hydrogen-bond donors (Lipinski definition) is 2. The molecule has 0 radical (unpaired) electrons. The third kappa shape index (κ3) is 4.52. The predicted molar refractivity (Wildman–Crippen MR) is 89.2 cm³/mol. The molecule has 0 aliphatic heterocycles. The van der Waals surface area contributed by atoms with Gasteiger partial charge in [-0.2, -0.15) is 0 Å². The molecule has 0 spiro atoms. The highest BCUT2D eigenvalue weighted by atomic mass is 16.5. The molecule has 0 aromatic heterocycles. The van der Waals surface area contributed by atoms with E-state index >= 15 is 0 Å². The monoisotopic (exact) mass is 298 g/mol. The minimum atomic E-state index is -0.208. The minimum Gasteiger partial charge on any atom is -0.494 e. The van der Waals surface area contributed by atoms with Crippen molar-refractivity contribution in [2.75, 3.05) is 11.9 Å². The summed E-state index contributed by atoms with van der Waals surface area (Å²) in [6.45, 7) is 4.62. The molecule has 0 saturated heterocycles. The van der Waals surface area contributed by atoms with Crippen LogP contribution in [0.1, 0.15) is 31.9 Å². The third-order valence-corrected chi connectivity index (χ3v) is 3.34. The number of carbonyl (C=O) groups excluding carboxylic acids is 1. The van der Waals surface area contributed by atoms with E-state index in [0.29, 0.717) is 6.61 Å². The average Bonchev–Trinajstić information content (AvgIpc) is 2.55. The molecule has 4 nitrogen and oxygen atoms in total. The van der Waals surface area contributed by atoms with Gasteiger partial charge in [0.15, 0.2) is 0 Å². The number of rotatable bonds is 6. The Morgan fingerprint density at radius 2 is 1.73 bits per heavy atom. The van der Waals surface area contributed by atoms with Crippen molar-refractivity contribution >= 4 is 11.7 Å². The maximum atomic E-state index is 12.1. The van der Waals surface area contributed by atoms with Crippen molar-refractivity contribution in [1.82, 2.24) is 5.32 Å². The van der Waals surface area contributed by atoms with Crippen LogP contribution in [0.25, 0.3) is 0 Å². The maximum absolute atomic E-state index is 12.1. The van der Waals surface area contributed by atoms with Crippen molar-refractivity contribution < 1.29 is 9.53 Å². The lowest BCUT2D eigenvalue weighted by molar-refractivity contribution is 0.248. The van der Waals surface area contributed by atoms with E-state index in [4.69, 9.17) is 4.74 Å². The zero-order valence-corrected chi connectivity index (χ0v) is 13.0. The van der Waals surface area contributed by atoms with Crippen LogP contribution in [0.3, 0.4) is 0 Å².